The topological polar surface area (TPSA) is 108 Å². The molecule has 0 spiro atoms. The number of hydrogen-bond donors (Lipinski definition) is 3. The number of benzene rings is 2. The highest BCUT2D eigenvalue weighted by Gasteiger charge is 2.12. The Bertz CT molecular complexity index is 653. The zero-order valence-corrected chi connectivity index (χ0v) is 9.82. The number of nitrogen functional groups attached to an aromatic ring is 1. The van der Waals surface area contributed by atoms with Crippen LogP contribution in [0.4, 0.5) is 17.1 Å². The van der Waals surface area contributed by atoms with Gasteiger partial charge in [0.05, 0.1) is 5.69 Å². The number of azo groups is 1. The minimum Gasteiger partial charge on any atom is -0.505 e. The fraction of sp³-hybridized carbons (Fsp3) is 0. The first-order valence-corrected chi connectivity index (χ1v) is 5.41. The Morgan fingerprint density at radius 3 is 2.32 bits per heavy atom. The number of carboxylic acids is 1. The highest BCUT2D eigenvalue weighted by molar-refractivity contribution is 5.92. The second-order valence-electron chi connectivity index (χ2n) is 3.74. The number of hydrogen-bond acceptors (Lipinski definition) is 5. The molecule has 2 aromatic carbocycles. The molecule has 6 nitrogen and oxygen atoms in total. The first kappa shape index (κ1) is 12.6. The van der Waals surface area contributed by atoms with Gasteiger partial charge in [0.1, 0.15) is 16.9 Å². The number of nitrogens with two attached hydrogens (primary N) is 1. The van der Waals surface area contributed by atoms with Gasteiger partial charge < -0.3 is 15.9 Å². The zero-order valence-electron chi connectivity index (χ0n) is 9.82. The van der Waals surface area contributed by atoms with Gasteiger partial charge in [-0.3, -0.25) is 0 Å². The number of rotatable bonds is 3. The van der Waals surface area contributed by atoms with E-state index in [0.29, 0.717) is 11.4 Å². The van der Waals surface area contributed by atoms with Crippen molar-refractivity contribution < 1.29 is 15.0 Å². The summed E-state index contributed by atoms with van der Waals surface area (Å²) in [6, 6.07) is 11.1. The van der Waals surface area contributed by atoms with E-state index in [0.717, 1.165) is 0 Å². The molecule has 0 aliphatic heterocycles. The summed E-state index contributed by atoms with van der Waals surface area (Å²) in [6.45, 7) is 0. The molecule has 0 aromatic heterocycles. The van der Waals surface area contributed by atoms with Gasteiger partial charge in [0.2, 0.25) is 0 Å². The lowest BCUT2D eigenvalue weighted by Crippen LogP contribution is -1.95. The zero-order chi connectivity index (χ0) is 13.8. The SMILES string of the molecule is Nc1ccccc1N=Nc1cccc(C(=O)O)c1O. The quantitative estimate of drug-likeness (QED) is 0.579. The van der Waals surface area contributed by atoms with E-state index in [1.54, 1.807) is 24.3 Å². The average molecular weight is 257 g/mol. The molecule has 0 unspecified atom stereocenters. The Morgan fingerprint density at radius 1 is 1.00 bits per heavy atom. The Morgan fingerprint density at radius 2 is 1.63 bits per heavy atom. The van der Waals surface area contributed by atoms with Crippen LogP contribution in [0.3, 0.4) is 0 Å². The molecule has 2 aromatic rings. The normalized spacial score (nSPS) is 10.7. The van der Waals surface area contributed by atoms with Crippen LogP contribution in [0.5, 0.6) is 5.75 Å². The van der Waals surface area contributed by atoms with E-state index >= 15 is 0 Å². The van der Waals surface area contributed by atoms with Crippen LogP contribution in [-0.2, 0) is 0 Å². The Labute approximate surface area is 108 Å². The van der Waals surface area contributed by atoms with Crippen LogP contribution in [0.25, 0.3) is 0 Å². The smallest absolute Gasteiger partial charge is 0.339 e. The second-order valence-corrected chi connectivity index (χ2v) is 3.74. The van der Waals surface area contributed by atoms with Crippen molar-refractivity contribution >= 4 is 23.0 Å². The Kier molecular flexibility index (Phi) is 3.42. The fourth-order valence-electron chi connectivity index (χ4n) is 1.47. The maximum absolute atomic E-state index is 10.9. The molecule has 0 radical (unpaired) electrons. The van der Waals surface area contributed by atoms with Crippen molar-refractivity contribution in [1.82, 2.24) is 0 Å². The molecule has 0 bridgehead atoms. The summed E-state index contributed by atoms with van der Waals surface area (Å²) in [5.74, 6) is -1.65. The van der Waals surface area contributed by atoms with Gasteiger partial charge in [0.15, 0.2) is 5.75 Å². The molecule has 96 valence electrons. The molecule has 0 aliphatic rings. The van der Waals surface area contributed by atoms with Crippen molar-refractivity contribution in [2.45, 2.75) is 0 Å². The van der Waals surface area contributed by atoms with E-state index in [2.05, 4.69) is 10.2 Å². The van der Waals surface area contributed by atoms with Crippen LogP contribution in [0.2, 0.25) is 0 Å². The van der Waals surface area contributed by atoms with Crippen LogP contribution >= 0.6 is 0 Å². The monoisotopic (exact) mass is 257 g/mol. The predicted octanol–water partition coefficient (Wildman–Crippen LogP) is 3.09. The third-order valence-corrected chi connectivity index (χ3v) is 2.45. The third kappa shape index (κ3) is 2.68. The van der Waals surface area contributed by atoms with Crippen LogP contribution < -0.4 is 5.73 Å². The maximum Gasteiger partial charge on any atom is 0.339 e. The highest BCUT2D eigenvalue weighted by Crippen LogP contribution is 2.32. The van der Waals surface area contributed by atoms with Gasteiger partial charge in [-0.25, -0.2) is 4.79 Å². The van der Waals surface area contributed by atoms with Gasteiger partial charge in [-0.1, -0.05) is 18.2 Å². The van der Waals surface area contributed by atoms with Crippen molar-refractivity contribution in [3.05, 3.63) is 48.0 Å². The van der Waals surface area contributed by atoms with E-state index in [9.17, 15) is 9.90 Å². The summed E-state index contributed by atoms with van der Waals surface area (Å²) in [5.41, 5.74) is 6.43. The first-order chi connectivity index (χ1) is 9.09. The predicted molar refractivity (Wildman–Crippen MR) is 70.1 cm³/mol. The van der Waals surface area contributed by atoms with Crippen molar-refractivity contribution in [1.29, 1.82) is 0 Å². The maximum atomic E-state index is 10.9. The number of aromatic hydroxyl groups is 1. The van der Waals surface area contributed by atoms with Gasteiger partial charge in [-0.05, 0) is 24.3 Å². The highest BCUT2D eigenvalue weighted by atomic mass is 16.4. The lowest BCUT2D eigenvalue weighted by molar-refractivity contribution is 0.0694. The van der Waals surface area contributed by atoms with Gasteiger partial charge in [0.25, 0.3) is 0 Å². The summed E-state index contributed by atoms with van der Waals surface area (Å²) < 4.78 is 0. The van der Waals surface area contributed by atoms with Crippen LogP contribution in [-0.4, -0.2) is 16.2 Å². The van der Waals surface area contributed by atoms with E-state index < -0.39 is 11.7 Å². The standard InChI is InChI=1S/C13H11N3O3/c14-9-5-1-2-6-10(9)15-16-11-7-3-4-8(12(11)17)13(18)19/h1-7,17H,14H2,(H,18,19). The minimum absolute atomic E-state index is 0.0724. The number of carboxylic acid groups (broad SMARTS) is 1. The molecule has 0 heterocycles. The van der Waals surface area contributed by atoms with Gasteiger partial charge in [-0.15, -0.1) is 10.2 Å². The number of carbonyl (C=O) groups is 1. The molecule has 19 heavy (non-hydrogen) atoms. The first-order valence-electron chi connectivity index (χ1n) is 5.41. The summed E-state index contributed by atoms with van der Waals surface area (Å²) in [6.07, 6.45) is 0. The van der Waals surface area contributed by atoms with E-state index in [-0.39, 0.29) is 11.3 Å². The molecule has 6 heteroatoms. The van der Waals surface area contributed by atoms with Gasteiger partial charge >= 0.3 is 5.97 Å². The van der Waals surface area contributed by atoms with Crippen molar-refractivity contribution in [3.8, 4) is 5.75 Å². The number of aromatic carboxylic acids is 1. The third-order valence-electron chi connectivity index (χ3n) is 2.45. The molecule has 0 saturated carbocycles. The lowest BCUT2D eigenvalue weighted by Gasteiger charge is -2.02. The number of anilines is 1. The Balaban J connectivity index is 2.37. The lowest BCUT2D eigenvalue weighted by atomic mass is 10.2. The molecule has 4 N–H and O–H groups in total. The van der Waals surface area contributed by atoms with Gasteiger partial charge in [-0.2, -0.15) is 0 Å². The summed E-state index contributed by atoms with van der Waals surface area (Å²) in [7, 11) is 0. The molecule has 0 aliphatic carbocycles. The number of nitrogens with zero attached hydrogens (tertiary/aromatic N) is 2. The summed E-state index contributed by atoms with van der Waals surface area (Å²) in [5, 5.41) is 26.3. The van der Waals surface area contributed by atoms with Gasteiger partial charge in [0, 0.05) is 0 Å². The van der Waals surface area contributed by atoms with E-state index in [1.807, 2.05) is 0 Å². The van der Waals surface area contributed by atoms with Crippen molar-refractivity contribution in [2.75, 3.05) is 5.73 Å². The largest absolute Gasteiger partial charge is 0.505 e. The molecule has 0 atom stereocenters. The van der Waals surface area contributed by atoms with E-state index in [1.165, 1.54) is 18.2 Å². The molecular formula is C13H11N3O3. The van der Waals surface area contributed by atoms with Crippen molar-refractivity contribution in [3.63, 3.8) is 0 Å². The summed E-state index contributed by atoms with van der Waals surface area (Å²) >= 11 is 0. The fourth-order valence-corrected chi connectivity index (χ4v) is 1.47. The second kappa shape index (κ2) is 5.18. The average Bonchev–Trinajstić information content (AvgIpc) is 2.39. The molecular weight excluding hydrogens is 246 g/mol. The van der Waals surface area contributed by atoms with Crippen LogP contribution in [0, 0.1) is 0 Å². The number of para-hydroxylation sites is 2. The minimum atomic E-state index is -1.23. The van der Waals surface area contributed by atoms with E-state index in [4.69, 9.17) is 10.8 Å². The van der Waals surface area contributed by atoms with Crippen LogP contribution in [0.15, 0.2) is 52.7 Å². The molecule has 0 amide bonds. The number of phenols is 1. The summed E-state index contributed by atoms with van der Waals surface area (Å²) in [4.78, 5) is 10.9. The molecule has 2 rings (SSSR count). The van der Waals surface area contributed by atoms with Crippen molar-refractivity contribution in [2.24, 2.45) is 10.2 Å². The molecule has 0 fully saturated rings. The molecule has 0 saturated heterocycles. The Hall–Kier alpha value is -2.89. The van der Waals surface area contributed by atoms with Crippen LogP contribution in [0.1, 0.15) is 10.4 Å².